The second-order valence-electron chi connectivity index (χ2n) is 0.879. The molecule has 0 fully saturated rings. The van der Waals surface area contributed by atoms with Crippen LogP contribution in [0.4, 0.5) is 0 Å². The summed E-state index contributed by atoms with van der Waals surface area (Å²) in [5, 5.41) is 15.5. The van der Waals surface area contributed by atoms with E-state index < -0.39 is 0 Å². The fourth-order valence-electron chi connectivity index (χ4n) is 0.175. The van der Waals surface area contributed by atoms with Gasteiger partial charge in [-0.1, -0.05) is 11.3 Å². The van der Waals surface area contributed by atoms with E-state index >= 15 is 0 Å². The first kappa shape index (κ1) is 7.76. The standard InChI is InChI=1S/C2H8N2O4/c5-3-7-1-2-8-4-6/h3-6H,1-2H2. The first-order chi connectivity index (χ1) is 3.91. The summed E-state index contributed by atoms with van der Waals surface area (Å²) in [6.07, 6.45) is 0. The van der Waals surface area contributed by atoms with Crippen LogP contribution in [0.1, 0.15) is 0 Å². The Labute approximate surface area is 45.8 Å². The molecule has 8 heavy (non-hydrogen) atoms. The summed E-state index contributed by atoms with van der Waals surface area (Å²) < 4.78 is 0. The predicted octanol–water partition coefficient (Wildman–Crippen LogP) is -1.19. The molecule has 0 aliphatic heterocycles. The lowest BCUT2D eigenvalue weighted by Gasteiger charge is -1.98. The normalized spacial score (nSPS) is 9.75. The third kappa shape index (κ3) is 5.76. The van der Waals surface area contributed by atoms with Crippen LogP contribution in [0, 0.1) is 0 Å². The lowest BCUT2D eigenvalue weighted by molar-refractivity contribution is -0.175. The molecule has 0 aromatic rings. The lowest BCUT2D eigenvalue weighted by Crippen LogP contribution is -2.17. The van der Waals surface area contributed by atoms with Crippen LogP contribution in [0.2, 0.25) is 0 Å². The van der Waals surface area contributed by atoms with Gasteiger partial charge in [0.05, 0.1) is 13.2 Å². The van der Waals surface area contributed by atoms with Crippen molar-refractivity contribution in [3.8, 4) is 0 Å². The van der Waals surface area contributed by atoms with E-state index in [1.807, 2.05) is 0 Å². The molecule has 0 atom stereocenters. The summed E-state index contributed by atoms with van der Waals surface area (Å²) in [5.74, 6) is 0. The number of nitrogens with one attached hydrogen (secondary N) is 2. The first-order valence-corrected chi connectivity index (χ1v) is 1.93. The zero-order valence-corrected chi connectivity index (χ0v) is 4.13. The number of rotatable bonds is 5. The monoisotopic (exact) mass is 124 g/mol. The molecule has 6 heteroatoms. The maximum absolute atomic E-state index is 7.75. The van der Waals surface area contributed by atoms with Gasteiger partial charge in [0.15, 0.2) is 0 Å². The third-order valence-electron chi connectivity index (χ3n) is 0.417. The Bertz CT molecular complexity index is 37.0. The molecule has 0 aliphatic rings. The highest BCUT2D eigenvalue weighted by Crippen LogP contribution is 1.65. The Hall–Kier alpha value is -0.240. The van der Waals surface area contributed by atoms with Crippen molar-refractivity contribution in [2.24, 2.45) is 0 Å². The first-order valence-electron chi connectivity index (χ1n) is 1.93. The van der Waals surface area contributed by atoms with E-state index in [0.29, 0.717) is 0 Å². The van der Waals surface area contributed by atoms with Crippen molar-refractivity contribution < 1.29 is 20.1 Å². The highest BCUT2D eigenvalue weighted by atomic mass is 16.9. The molecule has 50 valence electrons. The van der Waals surface area contributed by atoms with Crippen LogP contribution in [0.5, 0.6) is 0 Å². The van der Waals surface area contributed by atoms with Crippen molar-refractivity contribution in [1.82, 2.24) is 11.3 Å². The minimum atomic E-state index is 0.143. The van der Waals surface area contributed by atoms with Crippen molar-refractivity contribution >= 4 is 0 Å². The van der Waals surface area contributed by atoms with Crippen molar-refractivity contribution in [3.63, 3.8) is 0 Å². The molecule has 0 amide bonds. The van der Waals surface area contributed by atoms with Crippen LogP contribution in [-0.2, 0) is 9.68 Å². The van der Waals surface area contributed by atoms with Crippen molar-refractivity contribution in [1.29, 1.82) is 0 Å². The fraction of sp³-hybridized carbons (Fsp3) is 1.00. The van der Waals surface area contributed by atoms with Gasteiger partial charge < -0.3 is 0 Å². The Morgan fingerprint density at radius 2 is 1.38 bits per heavy atom. The van der Waals surface area contributed by atoms with Crippen LogP contribution in [0.15, 0.2) is 0 Å². The molecule has 6 nitrogen and oxygen atoms in total. The van der Waals surface area contributed by atoms with Gasteiger partial charge in [-0.25, -0.2) is 0 Å². The third-order valence-corrected chi connectivity index (χ3v) is 0.417. The molecule has 0 radical (unpaired) electrons. The van der Waals surface area contributed by atoms with Gasteiger partial charge in [0, 0.05) is 0 Å². The van der Waals surface area contributed by atoms with E-state index in [9.17, 15) is 0 Å². The quantitative estimate of drug-likeness (QED) is 0.272. The van der Waals surface area contributed by atoms with Crippen LogP contribution < -0.4 is 11.3 Å². The zero-order valence-electron chi connectivity index (χ0n) is 4.13. The molecule has 0 rings (SSSR count). The van der Waals surface area contributed by atoms with Crippen LogP contribution in [0.25, 0.3) is 0 Å². The summed E-state index contributed by atoms with van der Waals surface area (Å²) in [5.41, 5.74) is 2.87. The van der Waals surface area contributed by atoms with Gasteiger partial charge >= 0.3 is 0 Å². The number of hydrogen-bond donors (Lipinski definition) is 4. The SMILES string of the molecule is ONOCCONO. The molecule has 0 aromatic heterocycles. The van der Waals surface area contributed by atoms with Gasteiger partial charge in [0.1, 0.15) is 0 Å². The molecular weight excluding hydrogens is 116 g/mol. The van der Waals surface area contributed by atoms with Gasteiger partial charge in [0.2, 0.25) is 0 Å². The van der Waals surface area contributed by atoms with Crippen LogP contribution >= 0.6 is 0 Å². The maximum Gasteiger partial charge on any atom is 0.0964 e. The predicted molar refractivity (Wildman–Crippen MR) is 21.7 cm³/mol. The molecule has 0 saturated heterocycles. The van der Waals surface area contributed by atoms with Crippen molar-refractivity contribution in [2.45, 2.75) is 0 Å². The van der Waals surface area contributed by atoms with E-state index in [1.165, 1.54) is 11.3 Å². The van der Waals surface area contributed by atoms with E-state index in [2.05, 4.69) is 9.68 Å². The van der Waals surface area contributed by atoms with Gasteiger partial charge in [-0.2, -0.15) is 0 Å². The smallest absolute Gasteiger partial charge is 0.0964 e. The van der Waals surface area contributed by atoms with Gasteiger partial charge in [-0.05, 0) is 0 Å². The molecule has 4 N–H and O–H groups in total. The zero-order chi connectivity index (χ0) is 6.24. The maximum atomic E-state index is 7.75. The Morgan fingerprint density at radius 3 is 1.62 bits per heavy atom. The van der Waals surface area contributed by atoms with E-state index in [1.54, 1.807) is 0 Å². The average Bonchev–Trinajstić information content (AvgIpc) is 1.81. The van der Waals surface area contributed by atoms with Crippen molar-refractivity contribution in [2.75, 3.05) is 13.2 Å². The average molecular weight is 124 g/mol. The molecule has 0 saturated carbocycles. The lowest BCUT2D eigenvalue weighted by atomic mass is 10.8. The Morgan fingerprint density at radius 1 is 1.00 bits per heavy atom. The molecule has 0 aromatic carbocycles. The van der Waals surface area contributed by atoms with Gasteiger partial charge in [0.25, 0.3) is 0 Å². The van der Waals surface area contributed by atoms with E-state index in [4.69, 9.17) is 10.4 Å². The highest BCUT2D eigenvalue weighted by molar-refractivity contribution is 4.16. The van der Waals surface area contributed by atoms with Gasteiger partial charge in [-0.3, -0.25) is 20.1 Å². The summed E-state index contributed by atoms with van der Waals surface area (Å²) in [7, 11) is 0. The van der Waals surface area contributed by atoms with Crippen LogP contribution in [0.3, 0.4) is 0 Å². The highest BCUT2D eigenvalue weighted by Gasteiger charge is 1.82. The van der Waals surface area contributed by atoms with E-state index in [-0.39, 0.29) is 13.2 Å². The summed E-state index contributed by atoms with van der Waals surface area (Å²) in [4.78, 5) is 8.33. The molecule has 0 aliphatic carbocycles. The molecule has 0 heterocycles. The second-order valence-corrected chi connectivity index (χ2v) is 0.879. The molecular formula is C2H8N2O4. The minimum absolute atomic E-state index is 0.143. The van der Waals surface area contributed by atoms with Crippen molar-refractivity contribution in [3.05, 3.63) is 0 Å². The molecule has 0 unspecified atom stereocenters. The number of hydrogen-bond acceptors (Lipinski definition) is 6. The minimum Gasteiger partial charge on any atom is -0.292 e. The van der Waals surface area contributed by atoms with E-state index in [0.717, 1.165) is 0 Å². The topological polar surface area (TPSA) is 83.0 Å². The largest absolute Gasteiger partial charge is 0.292 e. The summed E-state index contributed by atoms with van der Waals surface area (Å²) >= 11 is 0. The molecule has 0 spiro atoms. The fourth-order valence-corrected chi connectivity index (χ4v) is 0.175. The Balaban J connectivity index is 2.53. The second kappa shape index (κ2) is 6.76. The van der Waals surface area contributed by atoms with Gasteiger partial charge in [-0.15, -0.1) is 0 Å². The summed E-state index contributed by atoms with van der Waals surface area (Å²) in [6.45, 7) is 0.286. The Kier molecular flexibility index (Phi) is 6.56. The summed E-state index contributed by atoms with van der Waals surface area (Å²) in [6, 6.07) is 0. The molecule has 0 bridgehead atoms. The van der Waals surface area contributed by atoms with Crippen LogP contribution in [-0.4, -0.2) is 23.6 Å².